The third-order valence-corrected chi connectivity index (χ3v) is 7.05. The maximum Gasteiger partial charge on any atom is 0.338 e. The highest BCUT2D eigenvalue weighted by molar-refractivity contribution is 7.07. The molecule has 0 radical (unpaired) electrons. The van der Waals surface area contributed by atoms with Crippen molar-refractivity contribution in [3.8, 4) is 17.2 Å². The van der Waals surface area contributed by atoms with Gasteiger partial charge in [-0.3, -0.25) is 14.2 Å². The van der Waals surface area contributed by atoms with Gasteiger partial charge in [-0.1, -0.05) is 56.0 Å². The number of benzene rings is 2. The number of allylic oxidation sites excluding steroid dienone is 1. The normalized spacial score (nSPS) is 14.8. The molecule has 4 rings (SSSR count). The Morgan fingerprint density at radius 1 is 1.17 bits per heavy atom. The summed E-state index contributed by atoms with van der Waals surface area (Å²) in [5.74, 6) is 0.204. The van der Waals surface area contributed by atoms with Crippen LogP contribution in [0, 0.1) is 5.92 Å². The van der Waals surface area contributed by atoms with Crippen LogP contribution in [0.15, 0.2) is 76.2 Å². The Kier molecular flexibility index (Phi) is 9.24. The molecule has 0 aliphatic carbocycles. The van der Waals surface area contributed by atoms with Gasteiger partial charge < -0.3 is 18.9 Å². The van der Waals surface area contributed by atoms with Crippen molar-refractivity contribution < 1.29 is 28.5 Å². The number of esters is 2. The predicted molar refractivity (Wildman–Crippen MR) is 156 cm³/mol. The van der Waals surface area contributed by atoms with Gasteiger partial charge in [0, 0.05) is 6.92 Å². The molecule has 0 saturated heterocycles. The first-order chi connectivity index (χ1) is 19.6. The molecule has 9 nitrogen and oxygen atoms in total. The van der Waals surface area contributed by atoms with E-state index in [2.05, 4.69) is 11.6 Å². The topological polar surface area (TPSA) is 105 Å². The SMILES string of the molecule is C=CCOc1cccc(/C=c2\sc3n(c2=O)C(c2ccc(OC(C)=O)c(OC)c2)C(C(=O)OCC(C)C)=C(C)N=3)c1. The predicted octanol–water partition coefficient (Wildman–Crippen LogP) is 3.93. The van der Waals surface area contributed by atoms with Gasteiger partial charge in [-0.2, -0.15) is 0 Å². The lowest BCUT2D eigenvalue weighted by atomic mass is 9.95. The van der Waals surface area contributed by atoms with Gasteiger partial charge in [-0.05, 0) is 54.3 Å². The zero-order valence-electron chi connectivity index (χ0n) is 23.6. The maximum absolute atomic E-state index is 13.9. The van der Waals surface area contributed by atoms with Crippen molar-refractivity contribution in [2.24, 2.45) is 10.9 Å². The summed E-state index contributed by atoms with van der Waals surface area (Å²) >= 11 is 1.22. The summed E-state index contributed by atoms with van der Waals surface area (Å²) < 4.78 is 23.9. The molecule has 0 spiro atoms. The molecule has 0 fully saturated rings. The van der Waals surface area contributed by atoms with Crippen molar-refractivity contribution in [2.75, 3.05) is 20.3 Å². The molecule has 41 heavy (non-hydrogen) atoms. The second-order valence-corrected chi connectivity index (χ2v) is 10.8. The van der Waals surface area contributed by atoms with Gasteiger partial charge in [0.2, 0.25) is 0 Å². The molecule has 0 bridgehead atoms. The molecule has 1 atom stereocenters. The van der Waals surface area contributed by atoms with E-state index in [-0.39, 0.29) is 35.2 Å². The average Bonchev–Trinajstić information content (AvgIpc) is 3.23. The summed E-state index contributed by atoms with van der Waals surface area (Å²) in [4.78, 5) is 44.0. The number of carbonyl (C=O) groups is 2. The molecule has 1 aliphatic rings. The van der Waals surface area contributed by atoms with Crippen LogP contribution in [0.4, 0.5) is 0 Å². The van der Waals surface area contributed by atoms with Crippen LogP contribution in [0.2, 0.25) is 0 Å². The van der Waals surface area contributed by atoms with E-state index < -0.39 is 18.0 Å². The Hall–Kier alpha value is -4.44. The number of hydrogen-bond acceptors (Lipinski definition) is 9. The molecule has 2 heterocycles. The molecule has 0 N–H and O–H groups in total. The van der Waals surface area contributed by atoms with Crippen LogP contribution in [0.5, 0.6) is 17.2 Å². The van der Waals surface area contributed by atoms with Crippen molar-refractivity contribution in [2.45, 2.75) is 33.7 Å². The van der Waals surface area contributed by atoms with E-state index in [0.717, 1.165) is 5.56 Å². The van der Waals surface area contributed by atoms with Crippen molar-refractivity contribution in [3.05, 3.63) is 97.2 Å². The molecular weight excluding hydrogens is 544 g/mol. The first-order valence-corrected chi connectivity index (χ1v) is 13.8. The van der Waals surface area contributed by atoms with E-state index in [1.54, 1.807) is 37.3 Å². The fourth-order valence-corrected chi connectivity index (χ4v) is 5.36. The van der Waals surface area contributed by atoms with E-state index in [1.807, 2.05) is 38.1 Å². The van der Waals surface area contributed by atoms with Crippen molar-refractivity contribution in [1.82, 2.24) is 4.57 Å². The first kappa shape index (κ1) is 29.5. The largest absolute Gasteiger partial charge is 0.493 e. The molecule has 3 aromatic rings. The van der Waals surface area contributed by atoms with Crippen LogP contribution in [0.25, 0.3) is 6.08 Å². The zero-order valence-corrected chi connectivity index (χ0v) is 24.4. The van der Waals surface area contributed by atoms with Gasteiger partial charge in [0.25, 0.3) is 5.56 Å². The van der Waals surface area contributed by atoms with E-state index in [9.17, 15) is 14.4 Å². The van der Waals surface area contributed by atoms with Crippen molar-refractivity contribution in [1.29, 1.82) is 0 Å². The highest BCUT2D eigenvalue weighted by Crippen LogP contribution is 2.36. The number of thiazole rings is 1. The minimum atomic E-state index is -0.851. The number of aromatic nitrogens is 1. The monoisotopic (exact) mass is 576 g/mol. The van der Waals surface area contributed by atoms with Gasteiger partial charge in [0.05, 0.1) is 35.6 Å². The molecule has 214 valence electrons. The Morgan fingerprint density at radius 2 is 1.95 bits per heavy atom. The summed E-state index contributed by atoms with van der Waals surface area (Å²) in [6.07, 6.45) is 3.42. The molecule has 1 aromatic heterocycles. The van der Waals surface area contributed by atoms with Crippen LogP contribution >= 0.6 is 11.3 Å². The third kappa shape index (κ3) is 6.66. The molecule has 1 unspecified atom stereocenters. The summed E-state index contributed by atoms with van der Waals surface area (Å²) in [7, 11) is 1.45. The number of carbonyl (C=O) groups excluding carboxylic acids is 2. The summed E-state index contributed by atoms with van der Waals surface area (Å²) in [6, 6.07) is 11.4. The average molecular weight is 577 g/mol. The summed E-state index contributed by atoms with van der Waals surface area (Å²) in [5.41, 5.74) is 1.70. The first-order valence-electron chi connectivity index (χ1n) is 13.0. The number of methoxy groups -OCH3 is 1. The lowest BCUT2D eigenvalue weighted by Gasteiger charge is -2.25. The quantitative estimate of drug-likeness (QED) is 0.205. The van der Waals surface area contributed by atoms with Crippen molar-refractivity contribution in [3.63, 3.8) is 0 Å². The number of fused-ring (bicyclic) bond motifs is 1. The Morgan fingerprint density at radius 3 is 2.63 bits per heavy atom. The number of hydrogen-bond donors (Lipinski definition) is 0. The highest BCUT2D eigenvalue weighted by Gasteiger charge is 2.34. The molecule has 0 saturated carbocycles. The summed E-state index contributed by atoms with van der Waals surface area (Å²) in [6.45, 7) is 11.1. The minimum absolute atomic E-state index is 0.119. The Bertz CT molecular complexity index is 1700. The standard InChI is InChI=1S/C31H32N2O7S/c1-7-13-38-23-10-8-9-21(14-23)15-26-29(35)33-28(22-11-12-24(40-20(5)34)25(16-22)37-6)27(19(4)32-31(33)41-26)30(36)39-17-18(2)3/h7-12,14-16,18,28H,1,13,17H2,2-6H3/b26-15-. The van der Waals surface area contributed by atoms with Gasteiger partial charge >= 0.3 is 11.9 Å². The van der Waals surface area contributed by atoms with Crippen molar-refractivity contribution >= 4 is 29.4 Å². The van der Waals surface area contributed by atoms with Crippen LogP contribution < -0.4 is 29.1 Å². The summed E-state index contributed by atoms with van der Waals surface area (Å²) in [5, 5.41) is 0. The number of ether oxygens (including phenoxy) is 4. The second kappa shape index (κ2) is 12.8. The molecule has 10 heteroatoms. The zero-order chi connectivity index (χ0) is 29.7. The fourth-order valence-electron chi connectivity index (χ4n) is 4.31. The highest BCUT2D eigenvalue weighted by atomic mass is 32.1. The fraction of sp³-hybridized carbons (Fsp3) is 0.290. The number of rotatable bonds is 10. The van der Waals surface area contributed by atoms with Crippen LogP contribution in [0.3, 0.4) is 0 Å². The van der Waals surface area contributed by atoms with Crippen LogP contribution in [-0.4, -0.2) is 36.8 Å². The minimum Gasteiger partial charge on any atom is -0.493 e. The molecule has 2 aromatic carbocycles. The van der Waals surface area contributed by atoms with E-state index in [1.165, 1.54) is 29.9 Å². The lowest BCUT2D eigenvalue weighted by Crippen LogP contribution is -2.40. The Balaban J connectivity index is 1.89. The van der Waals surface area contributed by atoms with E-state index in [4.69, 9.17) is 18.9 Å². The second-order valence-electron chi connectivity index (χ2n) is 9.75. The van der Waals surface area contributed by atoms with Gasteiger partial charge in [-0.25, -0.2) is 9.79 Å². The maximum atomic E-state index is 13.9. The van der Waals surface area contributed by atoms with Crippen LogP contribution in [-0.2, 0) is 14.3 Å². The third-order valence-electron chi connectivity index (χ3n) is 6.07. The van der Waals surface area contributed by atoms with E-state index in [0.29, 0.717) is 33.0 Å². The Labute approximate surface area is 241 Å². The number of nitrogens with zero attached hydrogens (tertiary/aromatic N) is 2. The van der Waals surface area contributed by atoms with Gasteiger partial charge in [-0.15, -0.1) is 0 Å². The smallest absolute Gasteiger partial charge is 0.338 e. The molecule has 1 aliphatic heterocycles. The molecular formula is C31H32N2O7S. The lowest BCUT2D eigenvalue weighted by molar-refractivity contribution is -0.140. The van der Waals surface area contributed by atoms with Crippen LogP contribution in [0.1, 0.15) is 44.9 Å². The van der Waals surface area contributed by atoms with Gasteiger partial charge in [0.15, 0.2) is 16.3 Å². The molecule has 0 amide bonds. The van der Waals surface area contributed by atoms with Gasteiger partial charge in [0.1, 0.15) is 12.4 Å². The van der Waals surface area contributed by atoms with E-state index >= 15 is 0 Å².